The first kappa shape index (κ1) is 14.1. The molecule has 1 aromatic heterocycles. The van der Waals surface area contributed by atoms with Crippen molar-refractivity contribution < 1.29 is 0 Å². The van der Waals surface area contributed by atoms with Gasteiger partial charge in [-0.05, 0) is 65.0 Å². The second-order valence-electron chi connectivity index (χ2n) is 7.10. The predicted molar refractivity (Wildman–Crippen MR) is 83.0 cm³/mol. The molecular weight excluding hydrogens is 246 g/mol. The summed E-state index contributed by atoms with van der Waals surface area (Å²) in [6.45, 7) is 10.7. The number of nitrogens with zero attached hydrogens (tertiary/aromatic N) is 3. The molecule has 3 heteroatoms. The first-order valence-corrected chi connectivity index (χ1v) is 8.43. The van der Waals surface area contributed by atoms with Crippen LogP contribution in [0.25, 0.3) is 0 Å². The molecule has 1 fully saturated rings. The van der Waals surface area contributed by atoms with Crippen molar-refractivity contribution in [3.63, 3.8) is 0 Å². The summed E-state index contributed by atoms with van der Waals surface area (Å²) in [5.41, 5.74) is 1.34. The van der Waals surface area contributed by atoms with E-state index in [0.29, 0.717) is 12.0 Å². The van der Waals surface area contributed by atoms with Gasteiger partial charge in [0.15, 0.2) is 0 Å². The van der Waals surface area contributed by atoms with Crippen LogP contribution in [0, 0.1) is 5.92 Å². The van der Waals surface area contributed by atoms with Gasteiger partial charge in [0, 0.05) is 24.7 Å². The second kappa shape index (κ2) is 5.88. The molecule has 0 N–H and O–H groups in total. The Hall–Kier alpha value is -0.830. The monoisotopic (exact) mass is 275 g/mol. The molecule has 3 heterocycles. The topological polar surface area (TPSA) is 21.1 Å². The van der Waals surface area contributed by atoms with E-state index >= 15 is 0 Å². The lowest BCUT2D eigenvalue weighted by Gasteiger charge is -2.34. The molecule has 0 spiro atoms. The van der Waals surface area contributed by atoms with Crippen LogP contribution >= 0.6 is 0 Å². The van der Waals surface area contributed by atoms with Crippen LogP contribution in [0.2, 0.25) is 0 Å². The van der Waals surface area contributed by atoms with Crippen molar-refractivity contribution in [2.24, 2.45) is 5.92 Å². The maximum absolute atomic E-state index is 4.93. The third kappa shape index (κ3) is 2.93. The molecule has 0 saturated carbocycles. The Labute approximate surface area is 123 Å². The largest absolute Gasteiger partial charge is 0.334 e. The highest BCUT2D eigenvalue weighted by Gasteiger charge is 2.24. The number of hydrogen-bond acceptors (Lipinski definition) is 2. The van der Waals surface area contributed by atoms with Crippen molar-refractivity contribution in [3.05, 3.63) is 17.7 Å². The third-order valence-corrected chi connectivity index (χ3v) is 5.21. The van der Waals surface area contributed by atoms with Crippen molar-refractivity contribution in [1.29, 1.82) is 0 Å². The molecule has 3 rings (SSSR count). The van der Waals surface area contributed by atoms with Crippen LogP contribution in [0.3, 0.4) is 0 Å². The van der Waals surface area contributed by atoms with Gasteiger partial charge in [0.25, 0.3) is 0 Å². The number of aryl methyl sites for hydroxylation is 1. The van der Waals surface area contributed by atoms with Crippen molar-refractivity contribution in [2.75, 3.05) is 13.1 Å². The fraction of sp³-hybridized carbons (Fsp3) is 0.824. The Morgan fingerprint density at radius 1 is 1.20 bits per heavy atom. The number of fused-ring (bicyclic) bond motifs is 1. The maximum atomic E-state index is 4.93. The highest BCUT2D eigenvalue weighted by molar-refractivity contribution is 5.10. The molecule has 2 aliphatic heterocycles. The van der Waals surface area contributed by atoms with E-state index in [9.17, 15) is 0 Å². The lowest BCUT2D eigenvalue weighted by molar-refractivity contribution is 0.149. The zero-order valence-electron chi connectivity index (χ0n) is 13.3. The van der Waals surface area contributed by atoms with E-state index in [2.05, 4.69) is 36.4 Å². The molecule has 3 nitrogen and oxygen atoms in total. The summed E-state index contributed by atoms with van der Waals surface area (Å²) in [5.74, 6) is 2.84. The average molecular weight is 275 g/mol. The van der Waals surface area contributed by atoms with Gasteiger partial charge in [-0.1, -0.05) is 6.92 Å². The summed E-state index contributed by atoms with van der Waals surface area (Å²) in [5, 5.41) is 0. The lowest BCUT2D eigenvalue weighted by atomic mass is 9.92. The molecule has 2 aliphatic rings. The minimum absolute atomic E-state index is 0.653. The van der Waals surface area contributed by atoms with E-state index < -0.39 is 0 Å². The molecule has 0 aliphatic carbocycles. The smallest absolute Gasteiger partial charge is 0.111 e. The van der Waals surface area contributed by atoms with E-state index in [1.165, 1.54) is 63.3 Å². The Bertz CT molecular complexity index is 441. The van der Waals surface area contributed by atoms with Gasteiger partial charge in [0.05, 0.1) is 5.69 Å². The fourth-order valence-electron chi connectivity index (χ4n) is 3.82. The van der Waals surface area contributed by atoms with E-state index in [-0.39, 0.29) is 0 Å². The number of rotatable bonds is 3. The summed E-state index contributed by atoms with van der Waals surface area (Å²) in [7, 11) is 0. The van der Waals surface area contributed by atoms with Crippen LogP contribution in [0.1, 0.15) is 63.9 Å². The maximum Gasteiger partial charge on any atom is 0.111 e. The predicted octanol–water partition coefficient (Wildman–Crippen LogP) is 3.44. The molecule has 1 aromatic rings. The fourth-order valence-corrected chi connectivity index (χ4v) is 3.82. The average Bonchev–Trinajstić information content (AvgIpc) is 2.83. The summed E-state index contributed by atoms with van der Waals surface area (Å²) in [6, 6.07) is 0.705. The van der Waals surface area contributed by atoms with Crippen LogP contribution in [0.4, 0.5) is 0 Å². The second-order valence-corrected chi connectivity index (χ2v) is 7.10. The van der Waals surface area contributed by atoms with Gasteiger partial charge in [0.1, 0.15) is 5.82 Å². The summed E-state index contributed by atoms with van der Waals surface area (Å²) in [4.78, 5) is 7.54. The van der Waals surface area contributed by atoms with Gasteiger partial charge < -0.3 is 9.47 Å². The minimum atomic E-state index is 0.653. The number of hydrogen-bond donors (Lipinski definition) is 0. The molecular formula is C17H29N3. The Morgan fingerprint density at radius 2 is 1.95 bits per heavy atom. The Balaban J connectivity index is 1.59. The highest BCUT2D eigenvalue weighted by Crippen LogP contribution is 2.28. The first-order chi connectivity index (χ1) is 9.63. The quantitative estimate of drug-likeness (QED) is 0.842. The van der Waals surface area contributed by atoms with Crippen molar-refractivity contribution in [2.45, 2.75) is 71.4 Å². The molecule has 112 valence electrons. The minimum Gasteiger partial charge on any atom is -0.334 e. The Kier molecular flexibility index (Phi) is 4.16. The zero-order valence-corrected chi connectivity index (χ0v) is 13.3. The summed E-state index contributed by atoms with van der Waals surface area (Å²) >= 11 is 0. The highest BCUT2D eigenvalue weighted by atomic mass is 15.1. The molecule has 1 unspecified atom stereocenters. The molecule has 0 bridgehead atoms. The van der Waals surface area contributed by atoms with E-state index in [1.54, 1.807) is 0 Å². The lowest BCUT2D eigenvalue weighted by Crippen LogP contribution is -2.38. The number of likely N-dealkylation sites (tertiary alicyclic amines) is 1. The third-order valence-electron chi connectivity index (χ3n) is 5.21. The summed E-state index contributed by atoms with van der Waals surface area (Å²) < 4.78 is 2.41. The van der Waals surface area contributed by atoms with Crippen molar-refractivity contribution in [3.8, 4) is 0 Å². The SMILES string of the molecule is CC1CCCn2cc(CC3CCN(C(C)C)CC3)nc21. The molecule has 0 aromatic carbocycles. The van der Waals surface area contributed by atoms with Gasteiger partial charge in [0.2, 0.25) is 0 Å². The van der Waals surface area contributed by atoms with Crippen molar-refractivity contribution >= 4 is 0 Å². The first-order valence-electron chi connectivity index (χ1n) is 8.43. The van der Waals surface area contributed by atoms with Gasteiger partial charge >= 0.3 is 0 Å². The molecule has 20 heavy (non-hydrogen) atoms. The van der Waals surface area contributed by atoms with Gasteiger partial charge in [-0.15, -0.1) is 0 Å². The van der Waals surface area contributed by atoms with Gasteiger partial charge in [-0.2, -0.15) is 0 Å². The number of imidazole rings is 1. The van der Waals surface area contributed by atoms with Crippen LogP contribution in [-0.4, -0.2) is 33.6 Å². The van der Waals surface area contributed by atoms with Gasteiger partial charge in [-0.3, -0.25) is 0 Å². The van der Waals surface area contributed by atoms with Crippen molar-refractivity contribution in [1.82, 2.24) is 14.5 Å². The van der Waals surface area contributed by atoms with Crippen LogP contribution in [-0.2, 0) is 13.0 Å². The zero-order chi connectivity index (χ0) is 14.1. The molecule has 0 amide bonds. The van der Waals surface area contributed by atoms with Gasteiger partial charge in [-0.25, -0.2) is 4.98 Å². The molecule has 1 saturated heterocycles. The standard InChI is InChI=1S/C17H29N3/c1-13(2)19-9-6-15(7-10-19)11-16-12-20-8-4-5-14(3)17(20)18-16/h12-15H,4-11H2,1-3H3. The number of aromatic nitrogens is 2. The van der Waals surface area contributed by atoms with Crippen LogP contribution in [0.15, 0.2) is 6.20 Å². The number of piperidine rings is 1. The summed E-state index contributed by atoms with van der Waals surface area (Å²) in [6.07, 6.45) is 8.84. The van der Waals surface area contributed by atoms with E-state index in [0.717, 1.165) is 5.92 Å². The van der Waals surface area contributed by atoms with E-state index in [4.69, 9.17) is 4.98 Å². The Morgan fingerprint density at radius 3 is 2.60 bits per heavy atom. The molecule has 0 radical (unpaired) electrons. The normalized spacial score (nSPS) is 25.1. The van der Waals surface area contributed by atoms with Crippen LogP contribution < -0.4 is 0 Å². The van der Waals surface area contributed by atoms with E-state index in [1.807, 2.05) is 0 Å². The van der Waals surface area contributed by atoms with Crippen LogP contribution in [0.5, 0.6) is 0 Å². The molecule has 1 atom stereocenters.